The van der Waals surface area contributed by atoms with Gasteiger partial charge in [-0.1, -0.05) is 0 Å². The van der Waals surface area contributed by atoms with Gasteiger partial charge in [0.25, 0.3) is 12.6 Å². The number of unbranched alkanes of at least 4 members (excludes halogenated alkanes) is 3. The fourth-order valence-corrected chi connectivity index (χ4v) is 21.8. The summed E-state index contributed by atoms with van der Waals surface area (Å²) in [7, 11) is 0. The Morgan fingerprint density at radius 2 is 1.15 bits per heavy atom. The van der Waals surface area contributed by atoms with Gasteiger partial charge in [-0.2, -0.15) is 0 Å². The summed E-state index contributed by atoms with van der Waals surface area (Å²) < 4.78 is 23.2. The fourth-order valence-electron chi connectivity index (χ4n) is 6.92. The molecule has 4 rings (SSSR count). The van der Waals surface area contributed by atoms with Gasteiger partial charge in [0.2, 0.25) is 11.9 Å². The molecule has 0 saturated carbocycles. The van der Waals surface area contributed by atoms with Crippen LogP contribution >= 0.6 is 15.9 Å². The molecule has 0 bridgehead atoms. The maximum absolute atomic E-state index is 12.0. The van der Waals surface area contributed by atoms with Gasteiger partial charge in [0.05, 0.1) is 10.0 Å². The van der Waals surface area contributed by atoms with E-state index in [1.807, 2.05) is 46.4 Å². The fraction of sp³-hybridized carbons (Fsp3) is 0.705. The Bertz CT molecular complexity index is 1570. The van der Waals surface area contributed by atoms with Crippen LogP contribution in [0.25, 0.3) is 0 Å². The summed E-state index contributed by atoms with van der Waals surface area (Å²) in [6.45, 7) is 30.9. The normalized spacial score (nSPS) is 14.6. The second-order valence-electron chi connectivity index (χ2n) is 17.7. The first-order chi connectivity index (χ1) is 28.3. The minimum atomic E-state index is -2.24. The molecule has 0 aromatic carbocycles. The standard InChI is InChI=1S/C15H22N4O3.C13H19BBrN3O2.C4H7O.3C4H9.Sn/c1-11(20)12-9-16-13(17-10-12)18-5-7-19(8-6-18)14(21)22-15(2,3)4;1-13(2,3)20-11(19)14-4-6-18(7-5-14)12-16-8-10(15)9-17-12;1-3-5-4-2;3*1-3-4-2;/h9-10H,5-8H2,1-4H3;8-9H,4-7H2,1-3H3;1,4H2,2H3;3*1,3-4H2,2H3;. The van der Waals surface area contributed by atoms with Gasteiger partial charge in [0, 0.05) is 64.1 Å². The number of carbonyl (C=O) groups is 3. The summed E-state index contributed by atoms with van der Waals surface area (Å²) in [6, 6.07) is 0. The molecule has 2 saturated heterocycles. The summed E-state index contributed by atoms with van der Waals surface area (Å²) in [5.41, 5.74) is -0.403. The molecule has 0 radical (unpaired) electrons. The van der Waals surface area contributed by atoms with Crippen molar-refractivity contribution >= 4 is 70.7 Å². The quantitative estimate of drug-likeness (QED) is 0.0898. The predicted molar refractivity (Wildman–Crippen MR) is 251 cm³/mol. The maximum atomic E-state index is 12.0. The molecule has 60 heavy (non-hydrogen) atoms. The molecule has 16 heteroatoms. The van der Waals surface area contributed by atoms with Crippen LogP contribution in [0.5, 0.6) is 0 Å². The van der Waals surface area contributed by atoms with Crippen molar-refractivity contribution in [2.75, 3.05) is 55.7 Å². The van der Waals surface area contributed by atoms with Crippen LogP contribution in [0, 0.1) is 0 Å². The van der Waals surface area contributed by atoms with Crippen LogP contribution in [-0.4, -0.2) is 125 Å². The van der Waals surface area contributed by atoms with Gasteiger partial charge in [-0.15, -0.1) is 0 Å². The van der Waals surface area contributed by atoms with Crippen LogP contribution in [0.4, 0.5) is 21.5 Å². The van der Waals surface area contributed by atoms with Gasteiger partial charge < -0.3 is 24.2 Å². The Labute approximate surface area is 374 Å². The Kier molecular flexibility index (Phi) is 23.5. The van der Waals surface area contributed by atoms with Crippen molar-refractivity contribution in [3.8, 4) is 0 Å². The smallest absolute Gasteiger partial charge is 0.410 e. The van der Waals surface area contributed by atoms with E-state index in [0.717, 1.165) is 42.8 Å². The third-order valence-corrected chi connectivity index (χ3v) is 25.7. The van der Waals surface area contributed by atoms with E-state index >= 15 is 0 Å². The predicted octanol–water partition coefficient (Wildman–Crippen LogP) is 10.7. The number of carbonyl (C=O) groups excluding carboxylic acids is 3. The third-order valence-electron chi connectivity index (χ3n) is 10.3. The van der Waals surface area contributed by atoms with E-state index in [0.29, 0.717) is 37.7 Å². The van der Waals surface area contributed by atoms with E-state index in [2.05, 4.69) is 75.0 Å². The number of halogens is 1. The van der Waals surface area contributed by atoms with Crippen molar-refractivity contribution in [2.45, 2.75) is 152 Å². The van der Waals surface area contributed by atoms with Crippen molar-refractivity contribution in [3.05, 3.63) is 45.2 Å². The number of amides is 1. The minimum absolute atomic E-state index is 0.0130. The van der Waals surface area contributed by atoms with Crippen LogP contribution in [0.3, 0.4) is 0 Å². The van der Waals surface area contributed by atoms with E-state index in [9.17, 15) is 14.4 Å². The van der Waals surface area contributed by atoms with Crippen LogP contribution in [-0.2, 0) is 14.2 Å². The van der Waals surface area contributed by atoms with Crippen molar-refractivity contribution in [3.63, 3.8) is 0 Å². The average molecular weight is 1010 g/mol. The molecule has 2 aliphatic heterocycles. The number of rotatable bonds is 16. The van der Waals surface area contributed by atoms with Gasteiger partial charge in [-0.25, -0.2) is 24.7 Å². The molecular formula is C44H75BBrN7O6Sn. The number of ketones is 1. The zero-order valence-corrected chi connectivity index (χ0v) is 43.2. The third kappa shape index (κ3) is 19.4. The number of ether oxygens (including phenoxy) is 3. The summed E-state index contributed by atoms with van der Waals surface area (Å²) in [6.07, 6.45) is 15.9. The molecule has 2 fully saturated rings. The van der Waals surface area contributed by atoms with Crippen molar-refractivity contribution in [1.82, 2.24) is 24.8 Å². The van der Waals surface area contributed by atoms with Gasteiger partial charge in [-0.3, -0.25) is 9.59 Å². The van der Waals surface area contributed by atoms with Gasteiger partial charge in [-0.05, 0) is 77.0 Å². The number of hydrogen-bond donors (Lipinski definition) is 0. The molecule has 13 nitrogen and oxygen atoms in total. The van der Waals surface area contributed by atoms with Gasteiger partial charge in [0.1, 0.15) is 11.2 Å². The van der Waals surface area contributed by atoms with Crippen molar-refractivity contribution in [1.29, 1.82) is 0 Å². The number of anilines is 2. The second kappa shape index (κ2) is 26.5. The van der Waals surface area contributed by atoms with Gasteiger partial charge >= 0.3 is 126 Å². The molecule has 0 spiro atoms. The zero-order valence-electron chi connectivity index (χ0n) is 38.8. The number of hydrogen-bond acceptors (Lipinski definition) is 12. The first-order valence-corrected chi connectivity index (χ1v) is 30.4. The first kappa shape index (κ1) is 53.2. The summed E-state index contributed by atoms with van der Waals surface area (Å²) in [5, 5.41) is 0. The number of piperazine rings is 1. The molecule has 0 N–H and O–H groups in total. The largest absolute Gasteiger partial charge is 0.468 e. The molecular weight excluding hydrogens is 932 g/mol. The van der Waals surface area contributed by atoms with Crippen LogP contribution in [0.15, 0.2) is 39.6 Å². The van der Waals surface area contributed by atoms with Crippen molar-refractivity contribution < 1.29 is 28.6 Å². The molecule has 2 aromatic rings. The van der Waals surface area contributed by atoms with E-state index in [1.165, 1.54) is 74.9 Å². The number of aromatic nitrogens is 4. The molecule has 0 unspecified atom stereocenters. The molecule has 2 aliphatic rings. The summed E-state index contributed by atoms with van der Waals surface area (Å²) in [4.78, 5) is 58.0. The Morgan fingerprint density at radius 1 is 0.717 bits per heavy atom. The molecule has 0 aliphatic carbocycles. The molecule has 0 atom stereocenters. The first-order valence-electron chi connectivity index (χ1n) is 22.1. The molecule has 2 aromatic heterocycles. The Morgan fingerprint density at radius 3 is 1.55 bits per heavy atom. The molecule has 1 amide bonds. The van der Waals surface area contributed by atoms with Crippen LogP contribution < -0.4 is 9.80 Å². The SMILES string of the molecule is C=[C](OCC)[Sn]([CH2]CCC)([CH2]CCC)[CH2]CCC.CC(=O)c1cnc(N2CCN(C(=O)OC(C)(C)C)CC2)nc1.CC(C)(C)OC(=O)B1CCN(c2ncc(Br)cn2)CC1. The Hall–Kier alpha value is -2.95. The van der Waals surface area contributed by atoms with Crippen LogP contribution in [0.2, 0.25) is 26.0 Å². The van der Waals surface area contributed by atoms with Crippen molar-refractivity contribution in [2.24, 2.45) is 0 Å². The summed E-state index contributed by atoms with van der Waals surface area (Å²) >= 11 is 1.08. The van der Waals surface area contributed by atoms with E-state index in [-0.39, 0.29) is 24.5 Å². The van der Waals surface area contributed by atoms with Crippen LogP contribution in [0.1, 0.15) is 125 Å². The second-order valence-corrected chi connectivity index (χ2v) is 31.8. The van der Waals surface area contributed by atoms with E-state index in [1.54, 1.807) is 17.3 Å². The zero-order chi connectivity index (χ0) is 44.9. The Balaban J connectivity index is 0.000000312. The van der Waals surface area contributed by atoms with E-state index in [4.69, 9.17) is 14.2 Å². The average Bonchev–Trinajstić information content (AvgIpc) is 3.20. The van der Waals surface area contributed by atoms with Gasteiger partial charge in [0.15, 0.2) is 5.78 Å². The number of nitrogens with zero attached hydrogens (tertiary/aromatic N) is 7. The maximum Gasteiger partial charge on any atom is 0.410 e. The molecule has 4 heterocycles. The summed E-state index contributed by atoms with van der Waals surface area (Å²) in [5.74, 6) is 1.15. The molecule has 336 valence electrons. The minimum Gasteiger partial charge on any atom is -0.468 e. The van der Waals surface area contributed by atoms with E-state index < -0.39 is 29.6 Å². The number of Topliss-reactive ketones (excluding diaryl/α,β-unsaturated/α-hetero) is 1. The monoisotopic (exact) mass is 1010 g/mol. The topological polar surface area (TPSA) is 140 Å².